The van der Waals surface area contributed by atoms with Gasteiger partial charge in [0, 0.05) is 5.56 Å². The van der Waals surface area contributed by atoms with Crippen molar-refractivity contribution in [2.24, 2.45) is 0 Å². The molecular formula is C21H21NO4. The van der Waals surface area contributed by atoms with Crippen LogP contribution >= 0.6 is 0 Å². The molecule has 0 fully saturated rings. The number of hydrogen-bond donors (Lipinski definition) is 0. The first-order chi connectivity index (χ1) is 12.6. The Kier molecular flexibility index (Phi) is 5.69. The molecule has 0 unspecified atom stereocenters. The number of esters is 1. The lowest BCUT2D eigenvalue weighted by Crippen LogP contribution is -2.14. The average Bonchev–Trinajstić information content (AvgIpc) is 3.14. The molecule has 134 valence electrons. The molecular weight excluding hydrogens is 330 g/mol. The molecule has 26 heavy (non-hydrogen) atoms. The second kappa shape index (κ2) is 8.34. The summed E-state index contributed by atoms with van der Waals surface area (Å²) in [5, 5.41) is 0. The van der Waals surface area contributed by atoms with Crippen LogP contribution in [0.1, 0.15) is 23.7 Å². The number of aryl methyl sites for hydroxylation is 2. The number of hydrogen-bond acceptors (Lipinski definition) is 5. The Morgan fingerprint density at radius 2 is 1.81 bits per heavy atom. The quantitative estimate of drug-likeness (QED) is 0.593. The Balaban J connectivity index is 1.47. The summed E-state index contributed by atoms with van der Waals surface area (Å²) in [6.07, 6.45) is 2.46. The molecule has 0 aliphatic heterocycles. The van der Waals surface area contributed by atoms with E-state index in [0.717, 1.165) is 12.0 Å². The van der Waals surface area contributed by atoms with E-state index in [0.29, 0.717) is 17.3 Å². The first-order valence-electron chi connectivity index (χ1n) is 8.53. The second-order valence-electron chi connectivity index (χ2n) is 5.96. The van der Waals surface area contributed by atoms with Gasteiger partial charge in [-0.15, -0.1) is 0 Å². The highest BCUT2D eigenvalue weighted by molar-refractivity contribution is 5.71. The lowest BCUT2D eigenvalue weighted by atomic mass is 10.1. The number of nitrogens with zero attached hydrogens (tertiary/aromatic N) is 1. The molecule has 1 aromatic heterocycles. The standard InChI is InChI=1S/C21H21NO4/c1-3-16-6-10-19(11-7-16)24-14-20(23)25-12-18-13-26-21(22-18)17-8-4-15(2)5-9-17/h4-11,13H,3,12,14H2,1-2H3. The maximum Gasteiger partial charge on any atom is 0.344 e. The molecule has 5 heteroatoms. The van der Waals surface area contributed by atoms with Gasteiger partial charge in [-0.05, 0) is 43.2 Å². The predicted octanol–water partition coefficient (Wildman–Crippen LogP) is 4.33. The van der Waals surface area contributed by atoms with Crippen molar-refractivity contribution in [3.05, 3.63) is 71.6 Å². The zero-order chi connectivity index (χ0) is 18.4. The molecule has 0 aliphatic carbocycles. The van der Waals surface area contributed by atoms with E-state index >= 15 is 0 Å². The maximum atomic E-state index is 11.8. The summed E-state index contributed by atoms with van der Waals surface area (Å²) in [6.45, 7) is 4.01. The molecule has 3 rings (SSSR count). The molecule has 1 heterocycles. The summed E-state index contributed by atoms with van der Waals surface area (Å²) in [6, 6.07) is 15.5. The Labute approximate surface area is 152 Å². The van der Waals surface area contributed by atoms with Crippen molar-refractivity contribution in [3.8, 4) is 17.2 Å². The van der Waals surface area contributed by atoms with Crippen LogP contribution in [0.3, 0.4) is 0 Å². The molecule has 0 saturated heterocycles. The van der Waals surface area contributed by atoms with Crippen LogP contribution in [0.25, 0.3) is 11.5 Å². The van der Waals surface area contributed by atoms with Gasteiger partial charge in [0.15, 0.2) is 6.61 Å². The fourth-order valence-electron chi connectivity index (χ4n) is 2.36. The molecule has 0 amide bonds. The van der Waals surface area contributed by atoms with Crippen LogP contribution in [-0.4, -0.2) is 17.6 Å². The molecule has 0 atom stereocenters. The fraction of sp³-hybridized carbons (Fsp3) is 0.238. The largest absolute Gasteiger partial charge is 0.482 e. The summed E-state index contributed by atoms with van der Waals surface area (Å²) in [5.41, 5.74) is 3.82. The van der Waals surface area contributed by atoms with E-state index in [9.17, 15) is 4.79 Å². The third-order valence-corrected chi connectivity index (χ3v) is 3.92. The topological polar surface area (TPSA) is 61.6 Å². The molecule has 5 nitrogen and oxygen atoms in total. The number of rotatable bonds is 7. The third-order valence-electron chi connectivity index (χ3n) is 3.92. The lowest BCUT2D eigenvalue weighted by Gasteiger charge is -2.06. The second-order valence-corrected chi connectivity index (χ2v) is 5.96. The number of benzene rings is 2. The van der Waals surface area contributed by atoms with E-state index in [1.807, 2.05) is 55.5 Å². The Bertz CT molecular complexity index is 850. The Morgan fingerprint density at radius 3 is 2.50 bits per heavy atom. The molecule has 0 N–H and O–H groups in total. The van der Waals surface area contributed by atoms with E-state index in [1.54, 1.807) is 0 Å². The van der Waals surface area contributed by atoms with Crippen LogP contribution in [0.15, 0.2) is 59.2 Å². The summed E-state index contributed by atoms with van der Waals surface area (Å²) < 4.78 is 16.0. The molecule has 0 bridgehead atoms. The van der Waals surface area contributed by atoms with Crippen molar-refractivity contribution < 1.29 is 18.7 Å². The zero-order valence-corrected chi connectivity index (χ0v) is 14.9. The van der Waals surface area contributed by atoms with Gasteiger partial charge in [0.1, 0.15) is 24.3 Å². The highest BCUT2D eigenvalue weighted by Crippen LogP contribution is 2.19. The van der Waals surface area contributed by atoms with Gasteiger partial charge < -0.3 is 13.9 Å². The summed E-state index contributed by atoms with van der Waals surface area (Å²) in [5.74, 6) is 0.690. The van der Waals surface area contributed by atoms with Gasteiger partial charge in [0.05, 0.1) is 0 Å². The predicted molar refractivity (Wildman–Crippen MR) is 97.8 cm³/mol. The van der Waals surface area contributed by atoms with E-state index in [-0.39, 0.29) is 13.2 Å². The van der Waals surface area contributed by atoms with Crippen LogP contribution in [0.4, 0.5) is 0 Å². The minimum absolute atomic E-state index is 0.0479. The Hall–Kier alpha value is -3.08. The summed E-state index contributed by atoms with van der Waals surface area (Å²) in [7, 11) is 0. The van der Waals surface area contributed by atoms with Crippen molar-refractivity contribution in [2.45, 2.75) is 26.9 Å². The van der Waals surface area contributed by atoms with E-state index in [2.05, 4.69) is 11.9 Å². The number of ether oxygens (including phenoxy) is 2. The van der Waals surface area contributed by atoms with E-state index in [4.69, 9.17) is 13.9 Å². The molecule has 0 radical (unpaired) electrons. The summed E-state index contributed by atoms with van der Waals surface area (Å²) in [4.78, 5) is 16.2. The van der Waals surface area contributed by atoms with Gasteiger partial charge in [-0.1, -0.05) is 36.8 Å². The van der Waals surface area contributed by atoms with Crippen molar-refractivity contribution in [2.75, 3.05) is 6.61 Å². The molecule has 3 aromatic rings. The van der Waals surface area contributed by atoms with Crippen LogP contribution < -0.4 is 4.74 Å². The highest BCUT2D eigenvalue weighted by Gasteiger charge is 2.10. The van der Waals surface area contributed by atoms with Crippen LogP contribution in [0.5, 0.6) is 5.75 Å². The van der Waals surface area contributed by atoms with Crippen molar-refractivity contribution in [1.82, 2.24) is 4.98 Å². The van der Waals surface area contributed by atoms with Gasteiger partial charge in [0.2, 0.25) is 5.89 Å². The van der Waals surface area contributed by atoms with Crippen LogP contribution in [0, 0.1) is 6.92 Å². The maximum absolute atomic E-state index is 11.8. The summed E-state index contributed by atoms with van der Waals surface area (Å²) >= 11 is 0. The average molecular weight is 351 g/mol. The van der Waals surface area contributed by atoms with Gasteiger partial charge in [-0.3, -0.25) is 0 Å². The van der Waals surface area contributed by atoms with Gasteiger partial charge in [-0.2, -0.15) is 0 Å². The molecule has 0 aliphatic rings. The smallest absolute Gasteiger partial charge is 0.344 e. The third kappa shape index (κ3) is 4.72. The van der Waals surface area contributed by atoms with Gasteiger partial charge in [0.25, 0.3) is 0 Å². The monoisotopic (exact) mass is 351 g/mol. The normalized spacial score (nSPS) is 10.5. The number of aromatic nitrogens is 1. The minimum Gasteiger partial charge on any atom is -0.482 e. The van der Waals surface area contributed by atoms with Crippen molar-refractivity contribution >= 4 is 5.97 Å². The highest BCUT2D eigenvalue weighted by atomic mass is 16.6. The van der Waals surface area contributed by atoms with E-state index in [1.165, 1.54) is 17.4 Å². The Morgan fingerprint density at radius 1 is 1.08 bits per heavy atom. The number of carbonyl (C=O) groups is 1. The van der Waals surface area contributed by atoms with Gasteiger partial charge >= 0.3 is 5.97 Å². The van der Waals surface area contributed by atoms with E-state index < -0.39 is 5.97 Å². The lowest BCUT2D eigenvalue weighted by molar-refractivity contribution is -0.147. The molecule has 0 spiro atoms. The first-order valence-corrected chi connectivity index (χ1v) is 8.53. The van der Waals surface area contributed by atoms with Crippen molar-refractivity contribution in [1.29, 1.82) is 0 Å². The van der Waals surface area contributed by atoms with Crippen LogP contribution in [-0.2, 0) is 22.6 Å². The molecule has 0 saturated carbocycles. The van der Waals surface area contributed by atoms with Crippen LogP contribution in [0.2, 0.25) is 0 Å². The van der Waals surface area contributed by atoms with Gasteiger partial charge in [-0.25, -0.2) is 9.78 Å². The number of carbonyl (C=O) groups excluding carboxylic acids is 1. The molecule has 2 aromatic carbocycles. The first kappa shape index (κ1) is 17.7. The minimum atomic E-state index is -0.454. The number of oxazole rings is 1. The fourth-order valence-corrected chi connectivity index (χ4v) is 2.36. The van der Waals surface area contributed by atoms with Crippen molar-refractivity contribution in [3.63, 3.8) is 0 Å². The zero-order valence-electron chi connectivity index (χ0n) is 14.9. The SMILES string of the molecule is CCc1ccc(OCC(=O)OCc2coc(-c3ccc(C)cc3)n2)cc1.